The highest BCUT2D eigenvalue weighted by molar-refractivity contribution is 7.49. The predicted molar refractivity (Wildman–Crippen MR) is 139 cm³/mol. The van der Waals surface area contributed by atoms with Crippen molar-refractivity contribution in [3.8, 4) is 57.3 Å². The van der Waals surface area contributed by atoms with Gasteiger partial charge in [0.05, 0.1) is 0 Å². The molecule has 5 N–H and O–H groups in total. The van der Waals surface area contributed by atoms with E-state index in [4.69, 9.17) is 18.0 Å². The van der Waals surface area contributed by atoms with E-state index in [-0.39, 0.29) is 28.4 Å². The average Bonchev–Trinajstić information content (AvgIpc) is 2.89. The fourth-order valence-electron chi connectivity index (χ4n) is 3.65. The van der Waals surface area contributed by atoms with Crippen molar-refractivity contribution in [3.63, 3.8) is 0 Å². The molecule has 39 heavy (non-hydrogen) atoms. The Morgan fingerprint density at radius 2 is 1.13 bits per heavy atom. The van der Waals surface area contributed by atoms with Gasteiger partial charge in [0.25, 0.3) is 0 Å². The van der Waals surface area contributed by atoms with Crippen LogP contribution in [0, 0.1) is 0 Å². The van der Waals surface area contributed by atoms with Crippen LogP contribution in [-0.2, 0) is 4.57 Å². The molecule has 1 heterocycles. The first kappa shape index (κ1) is 25.4. The van der Waals surface area contributed by atoms with E-state index in [1.165, 1.54) is 24.3 Å². The molecule has 0 aliphatic carbocycles. The van der Waals surface area contributed by atoms with Crippen LogP contribution < -0.4 is 19.0 Å². The lowest BCUT2D eigenvalue weighted by Crippen LogP contribution is -2.08. The highest BCUT2D eigenvalue weighted by Crippen LogP contribution is 2.51. The number of benzene rings is 4. The Kier molecular flexibility index (Phi) is 6.43. The van der Waals surface area contributed by atoms with Gasteiger partial charge in [-0.3, -0.25) is 4.79 Å². The van der Waals surface area contributed by atoms with Crippen molar-refractivity contribution in [2.45, 2.75) is 0 Å². The third-order valence-corrected chi connectivity index (χ3v) is 6.70. The lowest BCUT2D eigenvalue weighted by atomic mass is 10.1. The third kappa shape index (κ3) is 5.11. The molecule has 0 radical (unpaired) electrons. The van der Waals surface area contributed by atoms with Gasteiger partial charge >= 0.3 is 7.82 Å². The molecule has 0 fully saturated rings. The topological polar surface area (TPSA) is 176 Å². The second-order valence-corrected chi connectivity index (χ2v) is 9.58. The summed E-state index contributed by atoms with van der Waals surface area (Å²) in [7, 11) is -4.47. The SMILES string of the molecule is O=c1c(O)c(-c2cc(O)c(O)c(O)c2)oc2cc(OP(=O)(Oc3ccccc3)Oc3ccccc3)cc(O)c12. The second-order valence-electron chi connectivity index (χ2n) is 8.13. The number of rotatable bonds is 7. The maximum absolute atomic E-state index is 13.7. The van der Waals surface area contributed by atoms with E-state index < -0.39 is 53.1 Å². The predicted octanol–water partition coefficient (Wildman–Crippen LogP) is 5.63. The van der Waals surface area contributed by atoms with Crippen LogP contribution in [0.15, 0.2) is 94.1 Å². The molecule has 0 amide bonds. The van der Waals surface area contributed by atoms with Crippen molar-refractivity contribution in [1.29, 1.82) is 0 Å². The molecule has 0 aliphatic heterocycles. The minimum Gasteiger partial charge on any atom is -0.507 e. The molecule has 5 rings (SSSR count). The molecule has 0 saturated carbocycles. The maximum atomic E-state index is 13.7. The van der Waals surface area contributed by atoms with Gasteiger partial charge in [-0.05, 0) is 36.4 Å². The molecule has 12 heteroatoms. The number of phenolic OH excluding ortho intramolecular Hbond substituents is 4. The van der Waals surface area contributed by atoms with Crippen LogP contribution in [-0.4, -0.2) is 25.5 Å². The van der Waals surface area contributed by atoms with Gasteiger partial charge in [-0.15, -0.1) is 0 Å². The van der Waals surface area contributed by atoms with Crippen LogP contribution in [0.4, 0.5) is 0 Å². The minimum absolute atomic E-state index is 0.160. The number of aromatic hydroxyl groups is 5. The molecular weight excluding hydrogens is 531 g/mol. The summed E-state index contributed by atoms with van der Waals surface area (Å²) in [5.74, 6) is -4.40. The summed E-state index contributed by atoms with van der Waals surface area (Å²) in [4.78, 5) is 12.9. The van der Waals surface area contributed by atoms with E-state index in [1.54, 1.807) is 36.4 Å². The highest BCUT2D eigenvalue weighted by atomic mass is 31.2. The lowest BCUT2D eigenvalue weighted by Gasteiger charge is -2.19. The first-order chi connectivity index (χ1) is 18.6. The third-order valence-electron chi connectivity index (χ3n) is 5.39. The standard InChI is InChI=1S/C27H19O11P/c28-19-13-18(38-39(34,36-16-7-3-1-4-8-16)37-17-9-5-2-6-10-17)14-22-23(19)25(32)26(33)27(35-22)15-11-20(29)24(31)21(30)12-15/h1-14,28-31,33H. The van der Waals surface area contributed by atoms with Gasteiger partial charge in [0.2, 0.25) is 11.2 Å². The Bertz CT molecular complexity index is 1720. The Hall–Kier alpha value is -5.28. The molecule has 0 aliphatic rings. The fourth-order valence-corrected chi connectivity index (χ4v) is 4.89. The maximum Gasteiger partial charge on any atom is 0.647 e. The lowest BCUT2D eigenvalue weighted by molar-refractivity contribution is 0.298. The summed E-state index contributed by atoms with van der Waals surface area (Å²) in [6, 6.07) is 20.1. The van der Waals surface area contributed by atoms with Gasteiger partial charge in [-0.1, -0.05) is 36.4 Å². The van der Waals surface area contributed by atoms with Crippen LogP contribution in [0.3, 0.4) is 0 Å². The van der Waals surface area contributed by atoms with Gasteiger partial charge in [0.1, 0.15) is 34.0 Å². The Morgan fingerprint density at radius 1 is 0.615 bits per heavy atom. The average molecular weight is 550 g/mol. The summed E-state index contributed by atoms with van der Waals surface area (Å²) in [5.41, 5.74) is -1.54. The molecule has 198 valence electrons. The van der Waals surface area contributed by atoms with Crippen molar-refractivity contribution < 1.29 is 48.1 Å². The zero-order chi connectivity index (χ0) is 27.7. The van der Waals surface area contributed by atoms with Gasteiger partial charge < -0.3 is 43.5 Å². The number of para-hydroxylation sites is 2. The monoisotopic (exact) mass is 550 g/mol. The van der Waals surface area contributed by atoms with Crippen LogP contribution in [0.2, 0.25) is 0 Å². The molecule has 1 aromatic heterocycles. The molecular formula is C27H19O11P. The Balaban J connectivity index is 1.60. The smallest absolute Gasteiger partial charge is 0.507 e. The van der Waals surface area contributed by atoms with E-state index in [9.17, 15) is 34.9 Å². The molecule has 0 spiro atoms. The van der Waals surface area contributed by atoms with E-state index in [0.29, 0.717) is 0 Å². The summed E-state index contributed by atoms with van der Waals surface area (Å²) in [5, 5.41) is 49.9. The first-order valence-corrected chi connectivity index (χ1v) is 12.7. The van der Waals surface area contributed by atoms with Crippen molar-refractivity contribution in [1.82, 2.24) is 0 Å². The summed E-state index contributed by atoms with van der Waals surface area (Å²) in [6.07, 6.45) is 0. The van der Waals surface area contributed by atoms with Gasteiger partial charge in [0.15, 0.2) is 23.0 Å². The number of phosphoric acid groups is 1. The number of phenols is 4. The van der Waals surface area contributed by atoms with Gasteiger partial charge in [0, 0.05) is 17.7 Å². The van der Waals surface area contributed by atoms with E-state index in [2.05, 4.69) is 0 Å². The van der Waals surface area contributed by atoms with Crippen molar-refractivity contribution in [2.75, 3.05) is 0 Å². The zero-order valence-corrected chi connectivity index (χ0v) is 20.6. The minimum atomic E-state index is -4.47. The largest absolute Gasteiger partial charge is 0.647 e. The molecule has 0 saturated heterocycles. The first-order valence-electron chi connectivity index (χ1n) is 11.2. The highest BCUT2D eigenvalue weighted by Gasteiger charge is 2.34. The van der Waals surface area contributed by atoms with Crippen molar-refractivity contribution >= 4 is 18.8 Å². The van der Waals surface area contributed by atoms with E-state index >= 15 is 0 Å². The van der Waals surface area contributed by atoms with Gasteiger partial charge in [-0.25, -0.2) is 0 Å². The summed E-state index contributed by atoms with van der Waals surface area (Å²) < 4.78 is 36.0. The van der Waals surface area contributed by atoms with E-state index in [1.807, 2.05) is 0 Å². The number of hydrogen-bond acceptors (Lipinski definition) is 11. The van der Waals surface area contributed by atoms with Crippen LogP contribution in [0.1, 0.15) is 0 Å². The number of fused-ring (bicyclic) bond motifs is 1. The van der Waals surface area contributed by atoms with Crippen LogP contribution in [0.25, 0.3) is 22.3 Å². The molecule has 4 aromatic carbocycles. The van der Waals surface area contributed by atoms with Crippen LogP contribution in [0.5, 0.6) is 46.0 Å². The zero-order valence-electron chi connectivity index (χ0n) is 19.7. The Morgan fingerprint density at radius 3 is 1.67 bits per heavy atom. The van der Waals surface area contributed by atoms with Crippen molar-refractivity contribution in [2.24, 2.45) is 0 Å². The molecule has 0 unspecified atom stereocenters. The number of phosphoric ester groups is 1. The Labute approximate surface area is 219 Å². The summed E-state index contributed by atoms with van der Waals surface area (Å²) in [6.45, 7) is 0. The second kappa shape index (κ2) is 9.88. The molecule has 11 nitrogen and oxygen atoms in total. The normalized spacial score (nSPS) is 11.3. The van der Waals surface area contributed by atoms with Crippen molar-refractivity contribution in [3.05, 3.63) is 95.2 Å². The molecule has 0 atom stereocenters. The van der Waals surface area contributed by atoms with Crippen LogP contribution >= 0.6 is 7.82 Å². The quantitative estimate of drug-likeness (QED) is 0.125. The van der Waals surface area contributed by atoms with E-state index in [0.717, 1.165) is 24.3 Å². The molecule has 5 aromatic rings. The summed E-state index contributed by atoms with van der Waals surface area (Å²) >= 11 is 0. The van der Waals surface area contributed by atoms with Gasteiger partial charge in [-0.2, -0.15) is 4.57 Å². The fraction of sp³-hybridized carbons (Fsp3) is 0. The number of hydrogen-bond donors (Lipinski definition) is 5. The molecule has 0 bridgehead atoms.